The molecular formula is C119H120N8. The molecule has 636 valence electrons. The summed E-state index contributed by atoms with van der Waals surface area (Å²) in [5.41, 5.74) is 29.6. The molecule has 0 aliphatic heterocycles. The van der Waals surface area contributed by atoms with Gasteiger partial charge in [-0.25, -0.2) is 4.98 Å². The highest BCUT2D eigenvalue weighted by Crippen LogP contribution is 2.47. The zero-order valence-corrected chi connectivity index (χ0v) is 78.0. The Hall–Kier alpha value is -13.4. The van der Waals surface area contributed by atoms with E-state index in [1.165, 1.54) is 176 Å². The van der Waals surface area contributed by atoms with E-state index in [0.717, 1.165) is 11.3 Å². The lowest BCUT2D eigenvalue weighted by molar-refractivity contribution is 0.419. The van der Waals surface area contributed by atoms with Crippen LogP contribution in [0.5, 0.6) is 0 Å². The second-order valence-corrected chi connectivity index (χ2v) is 41.5. The minimum atomic E-state index is -0.0598. The van der Waals surface area contributed by atoms with Crippen molar-refractivity contribution >= 4 is 137 Å². The number of hydrogen-bond acceptors (Lipinski definition) is 1. The first-order chi connectivity index (χ1) is 60.5. The number of nitrogens with zero attached hydrogens (tertiary/aromatic N) is 8. The Morgan fingerprint density at radius 1 is 0.197 bits per heavy atom. The number of imidazole rings is 2. The molecule has 0 unspecified atom stereocenters. The first-order valence-corrected chi connectivity index (χ1v) is 45.3. The Morgan fingerprint density at radius 2 is 0.488 bits per heavy atom. The zero-order valence-electron chi connectivity index (χ0n) is 78.0. The van der Waals surface area contributed by atoms with Crippen LogP contribution in [0.2, 0.25) is 0 Å². The van der Waals surface area contributed by atoms with Gasteiger partial charge in [0, 0.05) is 132 Å². The Balaban J connectivity index is 0.000000108. The molecule has 22 aromatic rings. The fourth-order valence-electron chi connectivity index (χ4n) is 19.8. The van der Waals surface area contributed by atoms with E-state index in [-0.39, 0.29) is 38.5 Å². The minimum Gasteiger partial charge on any atom is -0.335 e. The molecule has 0 N–H and O–H groups in total. The molecule has 0 saturated carbocycles. The number of rotatable bonds is 4. The van der Waals surface area contributed by atoms with Crippen LogP contribution in [0.4, 0.5) is 0 Å². The van der Waals surface area contributed by atoms with Crippen molar-refractivity contribution in [3.63, 3.8) is 0 Å². The molecule has 15 aromatic carbocycles. The summed E-state index contributed by atoms with van der Waals surface area (Å²) in [6, 6.07) is 125. The Labute approximate surface area is 748 Å². The molecule has 7 heterocycles. The van der Waals surface area contributed by atoms with Crippen molar-refractivity contribution in [3.05, 3.63) is 357 Å². The van der Waals surface area contributed by atoms with Crippen LogP contribution in [0.15, 0.2) is 346 Å². The van der Waals surface area contributed by atoms with Crippen LogP contribution in [0.3, 0.4) is 0 Å². The molecule has 7 aromatic heterocycles. The smallest absolute Gasteiger partial charge is 0.216 e. The number of fused-ring (bicyclic) bond motifs is 20. The standard InChI is InChI=1S/C28H24N2.C28H25N.C24H33N.C22H21N.C17H17N3/c1-28(2,3)30-26-15-9-6-12-22(26)23-18-19(16-17-27(23)30)29-24-13-7-4-10-20(24)21-11-5-8-14-25(21)29;1-28(2,3)29-26-22(20-12-6-4-7-13-20)16-10-18-24(26)25-19-11-17-23(27(25)29)21-14-8-5-9-15-21;1-22(2,3)16-10-12-20-18(14-16)19-15-17(23(4,5)6)11-13-21(19)25(20)24(7,8)9;1-22(2,3)23-20-15-8-7-12-18(20)19-14-9-13-17(21(19)23)16-10-5-4-6-11-16;1-17(2,3)20-15-11-7-6-10-14(15)19-13-9-5-4-8-12(13)18-16(19)20/h4-18H,1-3H3;4-19H,1-3H3;10-15H,1-9H3;4-15H,1-3H3;4-11H,1-3H3. The first-order valence-electron chi connectivity index (χ1n) is 45.3. The molecule has 127 heavy (non-hydrogen) atoms. The van der Waals surface area contributed by atoms with Crippen LogP contribution in [0.1, 0.15) is 157 Å². The predicted octanol–water partition coefficient (Wildman–Crippen LogP) is 33.1. The van der Waals surface area contributed by atoms with E-state index in [2.05, 4.69) is 517 Å². The van der Waals surface area contributed by atoms with Crippen LogP contribution in [0, 0.1) is 0 Å². The number of hydrogen-bond donors (Lipinski definition) is 0. The van der Waals surface area contributed by atoms with E-state index >= 15 is 0 Å². The lowest BCUT2D eigenvalue weighted by Crippen LogP contribution is -2.22. The Morgan fingerprint density at radius 3 is 0.890 bits per heavy atom. The van der Waals surface area contributed by atoms with Gasteiger partial charge in [0.2, 0.25) is 5.78 Å². The molecule has 0 aliphatic rings. The van der Waals surface area contributed by atoms with Gasteiger partial charge in [-0.05, 0) is 233 Å². The molecular weight excluding hydrogens is 1540 g/mol. The van der Waals surface area contributed by atoms with Crippen molar-refractivity contribution in [2.24, 2.45) is 0 Å². The molecule has 0 saturated heterocycles. The van der Waals surface area contributed by atoms with Crippen LogP contribution >= 0.6 is 0 Å². The molecule has 0 radical (unpaired) electrons. The van der Waals surface area contributed by atoms with Gasteiger partial charge in [0.15, 0.2) is 0 Å². The van der Waals surface area contributed by atoms with E-state index in [4.69, 9.17) is 4.98 Å². The van der Waals surface area contributed by atoms with Crippen LogP contribution in [-0.2, 0) is 38.5 Å². The normalized spacial score (nSPS) is 12.6. The average molecular weight is 1660 g/mol. The quantitative estimate of drug-likeness (QED) is 0.173. The number of aromatic nitrogens is 8. The maximum atomic E-state index is 4.84. The third-order valence-electron chi connectivity index (χ3n) is 25.2. The highest BCUT2D eigenvalue weighted by molar-refractivity contribution is 6.18. The van der Waals surface area contributed by atoms with Gasteiger partial charge in [0.25, 0.3) is 0 Å². The third-order valence-corrected chi connectivity index (χ3v) is 25.2. The third kappa shape index (κ3) is 15.3. The molecule has 8 nitrogen and oxygen atoms in total. The van der Waals surface area contributed by atoms with E-state index in [1.807, 2.05) is 6.07 Å². The Bertz CT molecular complexity index is 7670. The van der Waals surface area contributed by atoms with Crippen molar-refractivity contribution in [2.75, 3.05) is 0 Å². The lowest BCUT2D eigenvalue weighted by Gasteiger charge is -2.26. The van der Waals surface area contributed by atoms with Crippen molar-refractivity contribution in [2.45, 2.75) is 184 Å². The predicted molar refractivity (Wildman–Crippen MR) is 549 cm³/mol. The molecule has 8 heteroatoms. The molecule has 0 spiro atoms. The van der Waals surface area contributed by atoms with Gasteiger partial charge in [0.1, 0.15) is 0 Å². The van der Waals surface area contributed by atoms with Gasteiger partial charge in [0.05, 0.1) is 49.7 Å². The Kier molecular flexibility index (Phi) is 21.2. The number of para-hydroxylation sites is 11. The summed E-state index contributed by atoms with van der Waals surface area (Å²) in [4.78, 5) is 4.84. The van der Waals surface area contributed by atoms with Gasteiger partial charge in [-0.15, -0.1) is 0 Å². The van der Waals surface area contributed by atoms with Gasteiger partial charge in [-0.2, -0.15) is 0 Å². The number of benzene rings is 15. The van der Waals surface area contributed by atoms with Crippen molar-refractivity contribution in [3.8, 4) is 39.1 Å². The summed E-state index contributed by atoms with van der Waals surface area (Å²) in [6.45, 7) is 47.8. The van der Waals surface area contributed by atoms with E-state index < -0.39 is 0 Å². The summed E-state index contributed by atoms with van der Waals surface area (Å²) in [6.07, 6.45) is 0. The van der Waals surface area contributed by atoms with E-state index in [1.54, 1.807) is 0 Å². The second-order valence-electron chi connectivity index (χ2n) is 41.5. The first kappa shape index (κ1) is 84.4. The van der Waals surface area contributed by atoms with Crippen molar-refractivity contribution in [1.29, 1.82) is 0 Å². The highest BCUT2D eigenvalue weighted by Gasteiger charge is 2.30. The monoisotopic (exact) mass is 1660 g/mol. The van der Waals surface area contributed by atoms with Crippen molar-refractivity contribution < 1.29 is 0 Å². The fourth-order valence-corrected chi connectivity index (χ4v) is 19.8. The van der Waals surface area contributed by atoms with Gasteiger partial charge in [-0.1, -0.05) is 296 Å². The minimum absolute atomic E-state index is 0.00820. The topological polar surface area (TPSA) is 46.9 Å². The lowest BCUT2D eigenvalue weighted by atomic mass is 9.85. The highest BCUT2D eigenvalue weighted by atomic mass is 15.2. The van der Waals surface area contributed by atoms with E-state index in [9.17, 15) is 0 Å². The largest absolute Gasteiger partial charge is 0.335 e. The molecule has 0 aliphatic carbocycles. The summed E-state index contributed by atoms with van der Waals surface area (Å²) < 4.78 is 17.0. The fraction of sp³-hybridized carbons (Fsp3) is 0.235. The van der Waals surface area contributed by atoms with Crippen LogP contribution in [-0.4, -0.2) is 36.8 Å². The molecule has 0 amide bonds. The molecule has 22 rings (SSSR count). The summed E-state index contributed by atoms with van der Waals surface area (Å²) >= 11 is 0. The van der Waals surface area contributed by atoms with Crippen molar-refractivity contribution in [1.82, 2.24) is 36.8 Å². The second kappa shape index (κ2) is 31.9. The van der Waals surface area contributed by atoms with Crippen LogP contribution in [0.25, 0.3) is 176 Å². The molecule has 0 bridgehead atoms. The molecule has 0 atom stereocenters. The van der Waals surface area contributed by atoms with Gasteiger partial charge < -0.3 is 27.4 Å². The summed E-state index contributed by atoms with van der Waals surface area (Å²) in [7, 11) is 0. The maximum Gasteiger partial charge on any atom is 0.216 e. The van der Waals surface area contributed by atoms with Crippen LogP contribution < -0.4 is 0 Å². The van der Waals surface area contributed by atoms with E-state index in [0.29, 0.717) is 0 Å². The average Bonchev–Trinajstić information content (AvgIpc) is 1.63. The summed E-state index contributed by atoms with van der Waals surface area (Å²) in [5.74, 6) is 1.01. The zero-order chi connectivity index (χ0) is 89.2. The molecule has 0 fully saturated rings. The van der Waals surface area contributed by atoms with Gasteiger partial charge >= 0.3 is 0 Å². The maximum absolute atomic E-state index is 4.84. The van der Waals surface area contributed by atoms with Gasteiger partial charge in [-0.3, -0.25) is 4.40 Å². The SMILES string of the molecule is CC(C)(C)c1ccc2c(c1)c1cc(C(C)(C)C)ccc1n2C(C)(C)C.CC(C)(C)n1c2c(-c3ccccc3)cccc2c2cccc(-c3ccccc3)c21.CC(C)(C)n1c2ccccc2c2cc(-n3c4ccccc4c4ccccc43)ccc21.CC(C)(C)n1c2ccccc2c2cccc(-c3ccccc3)c21.CC(C)(C)n1c2ccccc2n2c3ccccc3nc12. The summed E-state index contributed by atoms with van der Waals surface area (Å²) in [5, 5.41) is 13.3.